The Hall–Kier alpha value is -3.52. The zero-order chi connectivity index (χ0) is 20.5. The highest BCUT2D eigenvalue weighted by atomic mass is 32.1. The molecule has 1 aromatic heterocycles. The lowest BCUT2D eigenvalue weighted by molar-refractivity contribution is -0.385. The van der Waals surface area contributed by atoms with Crippen LogP contribution in [0.15, 0.2) is 52.3 Å². The number of aromatic nitrogens is 1. The number of hydrogen-bond donors (Lipinski definition) is 1. The van der Waals surface area contributed by atoms with Gasteiger partial charge in [-0.05, 0) is 18.1 Å². The topological polar surface area (TPSA) is 97.7 Å². The normalized spacial score (nSPS) is 13.8. The molecule has 1 aliphatic heterocycles. The molecule has 0 saturated carbocycles. The van der Waals surface area contributed by atoms with E-state index in [0.717, 1.165) is 44.7 Å². The summed E-state index contributed by atoms with van der Waals surface area (Å²) in [5, 5.41) is 21.8. The van der Waals surface area contributed by atoms with Crippen LogP contribution in [-0.2, 0) is 13.0 Å². The van der Waals surface area contributed by atoms with Crippen LogP contribution < -0.4 is 4.87 Å². The fourth-order valence-corrected chi connectivity index (χ4v) is 4.20. The summed E-state index contributed by atoms with van der Waals surface area (Å²) in [5.41, 5.74) is 4.07. The Bertz CT molecular complexity index is 1240. The van der Waals surface area contributed by atoms with Gasteiger partial charge in [-0.3, -0.25) is 24.5 Å². The summed E-state index contributed by atoms with van der Waals surface area (Å²) in [6.07, 6.45) is 4.31. The predicted octanol–water partition coefficient (Wildman–Crippen LogP) is 4.39. The Morgan fingerprint density at radius 3 is 2.72 bits per heavy atom. The number of para-hydroxylation sites is 2. The molecule has 0 spiro atoms. The molecule has 0 aliphatic carbocycles. The summed E-state index contributed by atoms with van der Waals surface area (Å²) >= 11 is 0.895. The van der Waals surface area contributed by atoms with Crippen LogP contribution >= 0.6 is 11.3 Å². The zero-order valence-electron chi connectivity index (χ0n) is 15.5. The molecule has 1 N–H and O–H groups in total. The van der Waals surface area contributed by atoms with Crippen molar-refractivity contribution in [2.24, 2.45) is 4.99 Å². The first-order chi connectivity index (χ1) is 14.0. The van der Waals surface area contributed by atoms with Gasteiger partial charge in [0.1, 0.15) is 0 Å². The molecule has 3 aromatic rings. The minimum Gasteiger partial charge on any atom is -0.493 e. The van der Waals surface area contributed by atoms with E-state index in [-0.39, 0.29) is 23.0 Å². The number of aromatic hydroxyl groups is 1. The molecular formula is C21H17N3O4S. The van der Waals surface area contributed by atoms with E-state index in [9.17, 15) is 20.0 Å². The number of nitrogens with zero attached hydrogens (tertiary/aromatic N) is 3. The number of rotatable bonds is 5. The van der Waals surface area contributed by atoms with E-state index in [4.69, 9.17) is 0 Å². The molecule has 7 nitrogen and oxygen atoms in total. The van der Waals surface area contributed by atoms with Gasteiger partial charge in [0.05, 0.1) is 22.0 Å². The lowest BCUT2D eigenvalue weighted by atomic mass is 10.0. The second-order valence-corrected chi connectivity index (χ2v) is 7.55. The minimum absolute atomic E-state index is 0.0772. The molecule has 0 amide bonds. The van der Waals surface area contributed by atoms with Gasteiger partial charge in [-0.2, -0.15) is 0 Å². The largest absolute Gasteiger partial charge is 0.493 e. The van der Waals surface area contributed by atoms with Crippen molar-refractivity contribution < 1.29 is 10.0 Å². The van der Waals surface area contributed by atoms with Crippen molar-refractivity contribution >= 4 is 40.6 Å². The van der Waals surface area contributed by atoms with Crippen molar-refractivity contribution in [1.82, 2.24) is 4.57 Å². The van der Waals surface area contributed by atoms with E-state index < -0.39 is 4.92 Å². The second kappa shape index (κ2) is 7.48. The maximum absolute atomic E-state index is 12.5. The predicted molar refractivity (Wildman–Crippen MR) is 114 cm³/mol. The van der Waals surface area contributed by atoms with Gasteiger partial charge >= 0.3 is 4.87 Å². The third-order valence-corrected chi connectivity index (χ3v) is 5.76. The Labute approximate surface area is 170 Å². The summed E-state index contributed by atoms with van der Waals surface area (Å²) < 4.78 is 1.15. The molecular weight excluding hydrogens is 390 g/mol. The molecule has 0 atom stereocenters. The molecule has 29 heavy (non-hydrogen) atoms. The smallest absolute Gasteiger partial charge is 0.310 e. The Balaban J connectivity index is 1.72. The average Bonchev–Trinajstić information content (AvgIpc) is 3.24. The van der Waals surface area contributed by atoms with E-state index in [1.165, 1.54) is 6.07 Å². The summed E-state index contributed by atoms with van der Waals surface area (Å²) in [6, 6.07) is 12.1. The molecule has 0 bridgehead atoms. The number of allylic oxidation sites excluding steroid dienone is 1. The molecule has 146 valence electrons. The second-order valence-electron chi connectivity index (χ2n) is 6.55. The van der Waals surface area contributed by atoms with Gasteiger partial charge in [-0.25, -0.2) is 0 Å². The SMILES string of the molecule is CCc1cccc2c1N=CC2=Cc1sc(=O)n(Cc2ccccc2[N+](=O)[O-])c1O. The summed E-state index contributed by atoms with van der Waals surface area (Å²) in [4.78, 5) is 27.7. The Kier molecular flexibility index (Phi) is 4.85. The maximum atomic E-state index is 12.5. The number of nitro benzene ring substituents is 1. The zero-order valence-corrected chi connectivity index (χ0v) is 16.3. The van der Waals surface area contributed by atoms with Crippen LogP contribution in [0.4, 0.5) is 11.4 Å². The van der Waals surface area contributed by atoms with E-state index in [2.05, 4.69) is 11.9 Å². The van der Waals surface area contributed by atoms with Crippen molar-refractivity contribution in [3.63, 3.8) is 0 Å². The highest BCUT2D eigenvalue weighted by molar-refractivity contribution is 7.10. The van der Waals surface area contributed by atoms with E-state index in [1.807, 2.05) is 18.2 Å². The first-order valence-corrected chi connectivity index (χ1v) is 9.84. The van der Waals surface area contributed by atoms with E-state index in [1.54, 1.807) is 30.5 Å². The number of thiazole rings is 1. The molecule has 2 aromatic carbocycles. The molecule has 1 aliphatic rings. The van der Waals surface area contributed by atoms with Crippen molar-refractivity contribution in [3.05, 3.63) is 83.8 Å². The number of fused-ring (bicyclic) bond motifs is 1. The number of aliphatic imine (C=N–C) groups is 1. The van der Waals surface area contributed by atoms with Crippen molar-refractivity contribution in [1.29, 1.82) is 0 Å². The Morgan fingerprint density at radius 2 is 1.97 bits per heavy atom. The van der Waals surface area contributed by atoms with Gasteiger partial charge in [0, 0.05) is 29.0 Å². The van der Waals surface area contributed by atoms with Crippen LogP contribution in [0, 0.1) is 10.1 Å². The monoisotopic (exact) mass is 407 g/mol. The van der Waals surface area contributed by atoms with Gasteiger partial charge in [0.15, 0.2) is 0 Å². The van der Waals surface area contributed by atoms with Crippen molar-refractivity contribution in [3.8, 4) is 5.88 Å². The van der Waals surface area contributed by atoms with Crippen LogP contribution in [-0.4, -0.2) is 20.8 Å². The quantitative estimate of drug-likeness (QED) is 0.501. The first-order valence-electron chi connectivity index (χ1n) is 9.02. The summed E-state index contributed by atoms with van der Waals surface area (Å²) in [5.74, 6) is -0.209. The molecule has 4 rings (SSSR count). The molecule has 0 unspecified atom stereocenters. The van der Waals surface area contributed by atoms with Gasteiger partial charge in [0.2, 0.25) is 5.88 Å². The van der Waals surface area contributed by atoms with Gasteiger partial charge < -0.3 is 5.11 Å². The fourth-order valence-electron chi connectivity index (χ4n) is 3.36. The maximum Gasteiger partial charge on any atom is 0.310 e. The van der Waals surface area contributed by atoms with Crippen LogP contribution in [0.5, 0.6) is 5.88 Å². The van der Waals surface area contributed by atoms with Gasteiger partial charge in [-0.15, -0.1) is 0 Å². The average molecular weight is 407 g/mol. The van der Waals surface area contributed by atoms with Crippen molar-refractivity contribution in [2.75, 3.05) is 0 Å². The van der Waals surface area contributed by atoms with Gasteiger partial charge in [0.25, 0.3) is 5.69 Å². The standard InChI is InChI=1S/C21H17N3O4S/c1-2-13-7-5-8-16-15(11-22-19(13)16)10-18-20(25)23(21(26)29-18)12-14-6-3-4-9-17(14)24(27)28/h3-11,25H,2,12H2,1H3. The first kappa shape index (κ1) is 18.8. The Morgan fingerprint density at radius 1 is 1.21 bits per heavy atom. The lowest BCUT2D eigenvalue weighted by Crippen LogP contribution is -2.14. The van der Waals surface area contributed by atoms with Crippen LogP contribution in [0.25, 0.3) is 11.6 Å². The molecule has 8 heteroatoms. The van der Waals surface area contributed by atoms with E-state index in [0.29, 0.717) is 10.4 Å². The van der Waals surface area contributed by atoms with Crippen LogP contribution in [0.1, 0.15) is 28.5 Å². The molecule has 2 heterocycles. The third-order valence-electron chi connectivity index (χ3n) is 4.84. The fraction of sp³-hybridized carbons (Fsp3) is 0.143. The van der Waals surface area contributed by atoms with E-state index >= 15 is 0 Å². The number of benzene rings is 2. The van der Waals surface area contributed by atoms with Crippen LogP contribution in [0.2, 0.25) is 0 Å². The highest BCUT2D eigenvalue weighted by Gasteiger charge is 2.20. The number of hydrogen-bond acceptors (Lipinski definition) is 6. The molecule has 0 radical (unpaired) electrons. The number of nitro groups is 1. The lowest BCUT2D eigenvalue weighted by Gasteiger charge is -2.05. The minimum atomic E-state index is -0.496. The third kappa shape index (κ3) is 3.38. The molecule has 0 fully saturated rings. The highest BCUT2D eigenvalue weighted by Crippen LogP contribution is 2.37. The van der Waals surface area contributed by atoms with Crippen LogP contribution in [0.3, 0.4) is 0 Å². The number of aryl methyl sites for hydroxylation is 1. The summed E-state index contributed by atoms with van der Waals surface area (Å²) in [6.45, 7) is 1.99. The molecule has 0 saturated heterocycles. The van der Waals surface area contributed by atoms with Gasteiger partial charge in [-0.1, -0.05) is 54.7 Å². The summed E-state index contributed by atoms with van der Waals surface area (Å²) in [7, 11) is 0. The van der Waals surface area contributed by atoms with Crippen molar-refractivity contribution in [2.45, 2.75) is 19.9 Å².